The molecule has 1 aliphatic heterocycles. The summed E-state index contributed by atoms with van der Waals surface area (Å²) in [6, 6.07) is 2.37. The minimum Gasteiger partial charge on any atom is -0.329 e. The minimum atomic E-state index is 0.00500. The van der Waals surface area contributed by atoms with Gasteiger partial charge >= 0.3 is 0 Å². The molecule has 0 radical (unpaired) electrons. The Labute approximate surface area is 126 Å². The maximum absolute atomic E-state index is 12.3. The van der Waals surface area contributed by atoms with Crippen LogP contribution in [0.2, 0.25) is 0 Å². The summed E-state index contributed by atoms with van der Waals surface area (Å²) < 4.78 is 1.82. The van der Waals surface area contributed by atoms with Crippen molar-refractivity contribution in [2.45, 2.75) is 45.7 Å². The van der Waals surface area contributed by atoms with Crippen LogP contribution in [0.1, 0.15) is 39.7 Å². The van der Waals surface area contributed by atoms with E-state index >= 15 is 0 Å². The third-order valence-corrected chi connectivity index (χ3v) is 4.15. The van der Waals surface area contributed by atoms with Gasteiger partial charge in [-0.15, -0.1) is 0 Å². The Kier molecular flexibility index (Phi) is 5.36. The number of aromatic nitrogens is 2. The van der Waals surface area contributed by atoms with E-state index in [0.717, 1.165) is 25.2 Å². The molecule has 0 aliphatic carbocycles. The highest BCUT2D eigenvalue weighted by atomic mass is 16.2. The SMILES string of the molecule is CC1CCN(CC(=O)Nc2ccnn2C(C)C)C(CN)C1. The monoisotopic (exact) mass is 293 g/mol. The summed E-state index contributed by atoms with van der Waals surface area (Å²) in [5, 5.41) is 7.18. The van der Waals surface area contributed by atoms with E-state index in [0.29, 0.717) is 25.0 Å². The van der Waals surface area contributed by atoms with Gasteiger partial charge < -0.3 is 11.1 Å². The second-order valence-electron chi connectivity index (χ2n) is 6.29. The number of hydrogen-bond donors (Lipinski definition) is 2. The molecule has 1 saturated heterocycles. The smallest absolute Gasteiger partial charge is 0.239 e. The molecule has 1 aliphatic rings. The molecule has 0 saturated carbocycles. The van der Waals surface area contributed by atoms with Crippen LogP contribution in [0.15, 0.2) is 12.3 Å². The molecule has 6 heteroatoms. The molecule has 1 aromatic heterocycles. The number of carbonyl (C=O) groups excluding carboxylic acids is 1. The predicted octanol–water partition coefficient (Wildman–Crippen LogP) is 1.46. The van der Waals surface area contributed by atoms with Crippen molar-refractivity contribution in [3.05, 3.63) is 12.3 Å². The lowest BCUT2D eigenvalue weighted by molar-refractivity contribution is -0.118. The van der Waals surface area contributed by atoms with Gasteiger partial charge in [0.25, 0.3) is 0 Å². The predicted molar refractivity (Wildman–Crippen MR) is 84.1 cm³/mol. The molecule has 0 spiro atoms. The number of likely N-dealkylation sites (tertiary alicyclic amines) is 1. The molecule has 0 aromatic carbocycles. The average molecular weight is 293 g/mol. The van der Waals surface area contributed by atoms with E-state index in [1.807, 2.05) is 24.6 Å². The van der Waals surface area contributed by atoms with Crippen molar-refractivity contribution in [3.63, 3.8) is 0 Å². The first-order valence-corrected chi connectivity index (χ1v) is 7.78. The highest BCUT2D eigenvalue weighted by molar-refractivity contribution is 5.91. The Morgan fingerprint density at radius 1 is 1.57 bits per heavy atom. The molecular weight excluding hydrogens is 266 g/mol. The first kappa shape index (κ1) is 16.0. The highest BCUT2D eigenvalue weighted by Crippen LogP contribution is 2.21. The van der Waals surface area contributed by atoms with Gasteiger partial charge in [0, 0.05) is 24.7 Å². The number of carbonyl (C=O) groups is 1. The van der Waals surface area contributed by atoms with Gasteiger partial charge in [-0.05, 0) is 39.2 Å². The number of hydrogen-bond acceptors (Lipinski definition) is 4. The lowest BCUT2D eigenvalue weighted by atomic mass is 9.92. The molecule has 21 heavy (non-hydrogen) atoms. The summed E-state index contributed by atoms with van der Waals surface area (Å²) >= 11 is 0. The molecule has 2 unspecified atom stereocenters. The normalized spacial score (nSPS) is 23.5. The Balaban J connectivity index is 1.93. The molecule has 2 rings (SSSR count). The van der Waals surface area contributed by atoms with Gasteiger partial charge in [0.1, 0.15) is 5.82 Å². The first-order valence-electron chi connectivity index (χ1n) is 7.78. The van der Waals surface area contributed by atoms with Crippen molar-refractivity contribution >= 4 is 11.7 Å². The molecule has 1 amide bonds. The quantitative estimate of drug-likeness (QED) is 0.862. The largest absolute Gasteiger partial charge is 0.329 e. The number of anilines is 1. The second kappa shape index (κ2) is 7.04. The lowest BCUT2D eigenvalue weighted by Crippen LogP contribution is -2.49. The molecule has 6 nitrogen and oxygen atoms in total. The van der Waals surface area contributed by atoms with E-state index in [4.69, 9.17) is 5.73 Å². The Hall–Kier alpha value is -1.40. The number of nitrogens with one attached hydrogen (secondary N) is 1. The van der Waals surface area contributed by atoms with Crippen LogP contribution in [0.25, 0.3) is 0 Å². The number of nitrogens with two attached hydrogens (primary N) is 1. The molecular formula is C15H27N5O. The van der Waals surface area contributed by atoms with Gasteiger partial charge in [0.2, 0.25) is 5.91 Å². The lowest BCUT2D eigenvalue weighted by Gasteiger charge is -2.37. The first-order chi connectivity index (χ1) is 10.0. The summed E-state index contributed by atoms with van der Waals surface area (Å²) in [6.45, 7) is 8.29. The number of nitrogens with zero attached hydrogens (tertiary/aromatic N) is 3. The Bertz CT molecular complexity index is 470. The summed E-state index contributed by atoms with van der Waals surface area (Å²) in [4.78, 5) is 14.5. The van der Waals surface area contributed by atoms with Crippen LogP contribution in [0.5, 0.6) is 0 Å². The van der Waals surface area contributed by atoms with Gasteiger partial charge in [-0.3, -0.25) is 9.69 Å². The summed E-state index contributed by atoms with van der Waals surface area (Å²) in [7, 11) is 0. The van der Waals surface area contributed by atoms with Crippen molar-refractivity contribution in [1.29, 1.82) is 0 Å². The summed E-state index contributed by atoms with van der Waals surface area (Å²) in [6.07, 6.45) is 3.92. The zero-order valence-electron chi connectivity index (χ0n) is 13.2. The van der Waals surface area contributed by atoms with Crippen LogP contribution in [-0.4, -0.2) is 46.3 Å². The van der Waals surface area contributed by atoms with Crippen LogP contribution < -0.4 is 11.1 Å². The van der Waals surface area contributed by atoms with Crippen molar-refractivity contribution in [2.75, 3.05) is 25.0 Å². The van der Waals surface area contributed by atoms with E-state index in [1.165, 1.54) is 0 Å². The maximum atomic E-state index is 12.3. The Morgan fingerprint density at radius 2 is 2.33 bits per heavy atom. The average Bonchev–Trinajstić information content (AvgIpc) is 2.89. The van der Waals surface area contributed by atoms with Crippen molar-refractivity contribution < 1.29 is 4.79 Å². The molecule has 2 heterocycles. The van der Waals surface area contributed by atoms with Gasteiger partial charge in [-0.2, -0.15) is 5.10 Å². The number of rotatable bonds is 5. The van der Waals surface area contributed by atoms with Crippen LogP contribution >= 0.6 is 0 Å². The zero-order chi connectivity index (χ0) is 15.4. The summed E-state index contributed by atoms with van der Waals surface area (Å²) in [5.41, 5.74) is 5.84. The van der Waals surface area contributed by atoms with Crippen molar-refractivity contribution in [3.8, 4) is 0 Å². The summed E-state index contributed by atoms with van der Waals surface area (Å²) in [5.74, 6) is 1.45. The standard InChI is InChI=1S/C15H27N5O/c1-11(2)20-14(4-6-17-20)18-15(21)10-19-7-5-12(3)8-13(19)9-16/h4,6,11-13H,5,7-10,16H2,1-3H3,(H,18,21). The van der Waals surface area contributed by atoms with Crippen molar-refractivity contribution in [2.24, 2.45) is 11.7 Å². The van der Waals surface area contributed by atoms with E-state index in [-0.39, 0.29) is 11.9 Å². The minimum absolute atomic E-state index is 0.00500. The molecule has 3 N–H and O–H groups in total. The van der Waals surface area contributed by atoms with E-state index in [2.05, 4.69) is 22.2 Å². The maximum Gasteiger partial charge on any atom is 0.239 e. The zero-order valence-corrected chi connectivity index (χ0v) is 13.2. The van der Waals surface area contributed by atoms with Crippen LogP contribution in [0, 0.1) is 5.92 Å². The Morgan fingerprint density at radius 3 is 3.00 bits per heavy atom. The number of piperidine rings is 1. The van der Waals surface area contributed by atoms with Crippen molar-refractivity contribution in [1.82, 2.24) is 14.7 Å². The van der Waals surface area contributed by atoms with Crippen LogP contribution in [-0.2, 0) is 4.79 Å². The van der Waals surface area contributed by atoms with Crippen LogP contribution in [0.4, 0.5) is 5.82 Å². The highest BCUT2D eigenvalue weighted by Gasteiger charge is 2.26. The fourth-order valence-electron chi connectivity index (χ4n) is 2.95. The topological polar surface area (TPSA) is 76.2 Å². The van der Waals surface area contributed by atoms with Gasteiger partial charge in [0.15, 0.2) is 0 Å². The van der Waals surface area contributed by atoms with E-state index in [1.54, 1.807) is 6.20 Å². The van der Waals surface area contributed by atoms with Gasteiger partial charge in [-0.25, -0.2) is 4.68 Å². The third kappa shape index (κ3) is 4.04. The van der Waals surface area contributed by atoms with E-state index < -0.39 is 0 Å². The molecule has 0 bridgehead atoms. The molecule has 1 aromatic rings. The molecule has 2 atom stereocenters. The second-order valence-corrected chi connectivity index (χ2v) is 6.29. The van der Waals surface area contributed by atoms with Gasteiger partial charge in [-0.1, -0.05) is 6.92 Å². The van der Waals surface area contributed by atoms with Gasteiger partial charge in [0.05, 0.1) is 12.7 Å². The van der Waals surface area contributed by atoms with Crippen LogP contribution in [0.3, 0.4) is 0 Å². The third-order valence-electron chi connectivity index (χ3n) is 4.15. The number of amides is 1. The fraction of sp³-hybridized carbons (Fsp3) is 0.733. The fourth-order valence-corrected chi connectivity index (χ4v) is 2.95. The van der Waals surface area contributed by atoms with E-state index in [9.17, 15) is 4.79 Å². The molecule has 118 valence electrons. The molecule has 1 fully saturated rings.